The molecule has 0 unspecified atom stereocenters. The maximum absolute atomic E-state index is 6.20. The second-order valence-corrected chi connectivity index (χ2v) is 5.24. The Morgan fingerprint density at radius 3 is 2.40 bits per heavy atom. The third-order valence-corrected chi connectivity index (χ3v) is 3.65. The smallest absolute Gasteiger partial charge is 0.135 e. The van der Waals surface area contributed by atoms with Crippen molar-refractivity contribution in [3.63, 3.8) is 0 Å². The summed E-state index contributed by atoms with van der Waals surface area (Å²) in [5.74, 6) is 1.58. The molecule has 1 N–H and O–H groups in total. The number of nitrogens with zero attached hydrogens (tertiary/aromatic N) is 2. The molecule has 0 saturated heterocycles. The molecule has 0 aliphatic rings. The number of benzene rings is 1. The van der Waals surface area contributed by atoms with Crippen molar-refractivity contribution in [1.82, 2.24) is 9.97 Å². The molecule has 1 aromatic heterocycles. The maximum Gasteiger partial charge on any atom is 0.135 e. The molecule has 0 spiro atoms. The van der Waals surface area contributed by atoms with Crippen LogP contribution in [0.4, 0.5) is 5.82 Å². The number of nitrogens with one attached hydrogen (secondary N) is 1. The van der Waals surface area contributed by atoms with Gasteiger partial charge in [0.05, 0.1) is 0 Å². The first-order valence-corrected chi connectivity index (χ1v) is 7.43. The highest BCUT2D eigenvalue weighted by Crippen LogP contribution is 2.26. The van der Waals surface area contributed by atoms with Gasteiger partial charge in [0.1, 0.15) is 11.6 Å². The van der Waals surface area contributed by atoms with Gasteiger partial charge in [-0.25, -0.2) is 9.97 Å². The molecule has 20 heavy (non-hydrogen) atoms. The van der Waals surface area contributed by atoms with E-state index in [2.05, 4.69) is 22.2 Å². The summed E-state index contributed by atoms with van der Waals surface area (Å²) < 4.78 is 0. The van der Waals surface area contributed by atoms with E-state index in [-0.39, 0.29) is 0 Å². The van der Waals surface area contributed by atoms with Crippen molar-refractivity contribution in [2.45, 2.75) is 26.7 Å². The van der Waals surface area contributed by atoms with Gasteiger partial charge in [-0.05, 0) is 31.0 Å². The Morgan fingerprint density at radius 1 is 1.10 bits per heavy atom. The maximum atomic E-state index is 6.20. The minimum Gasteiger partial charge on any atom is -0.370 e. The molecule has 0 fully saturated rings. The van der Waals surface area contributed by atoms with E-state index in [1.54, 1.807) is 0 Å². The number of anilines is 1. The lowest BCUT2D eigenvalue weighted by Gasteiger charge is -2.10. The summed E-state index contributed by atoms with van der Waals surface area (Å²) in [6.45, 7) is 4.94. The van der Waals surface area contributed by atoms with Crippen LogP contribution in [0.25, 0.3) is 0 Å². The Bertz CT molecular complexity index is 579. The molecule has 5 heteroatoms. The van der Waals surface area contributed by atoms with Crippen molar-refractivity contribution >= 4 is 29.0 Å². The molecular weight excluding hydrogens is 293 g/mol. The number of aromatic nitrogens is 2. The van der Waals surface area contributed by atoms with Crippen LogP contribution in [-0.2, 0) is 12.8 Å². The Kier molecular flexibility index (Phi) is 5.21. The molecule has 3 nitrogen and oxygen atoms in total. The summed E-state index contributed by atoms with van der Waals surface area (Å²) in [4.78, 5) is 9.05. The van der Waals surface area contributed by atoms with Crippen LogP contribution in [0.15, 0.2) is 24.3 Å². The fraction of sp³-hybridized carbons (Fsp3) is 0.333. The highest BCUT2D eigenvalue weighted by Gasteiger charge is 2.10. The molecular formula is C15H17Cl2N3. The van der Waals surface area contributed by atoms with Crippen LogP contribution in [0.1, 0.15) is 30.9 Å². The molecule has 1 aromatic carbocycles. The zero-order valence-corrected chi connectivity index (χ0v) is 13.1. The van der Waals surface area contributed by atoms with Gasteiger partial charge in [-0.1, -0.05) is 36.2 Å². The van der Waals surface area contributed by atoms with Crippen LogP contribution < -0.4 is 5.32 Å². The van der Waals surface area contributed by atoms with E-state index in [1.165, 1.54) is 0 Å². The molecule has 106 valence electrons. The lowest BCUT2D eigenvalue weighted by Crippen LogP contribution is -2.06. The van der Waals surface area contributed by atoms with E-state index in [9.17, 15) is 0 Å². The first-order chi connectivity index (χ1) is 9.63. The lowest BCUT2D eigenvalue weighted by molar-refractivity contribution is 0.904. The first kappa shape index (κ1) is 15.1. The van der Waals surface area contributed by atoms with E-state index in [1.807, 2.05) is 31.2 Å². The van der Waals surface area contributed by atoms with Gasteiger partial charge in [0.2, 0.25) is 0 Å². The topological polar surface area (TPSA) is 37.8 Å². The van der Waals surface area contributed by atoms with Gasteiger partial charge in [-0.2, -0.15) is 0 Å². The summed E-state index contributed by atoms with van der Waals surface area (Å²) in [6.07, 6.45) is 1.40. The van der Waals surface area contributed by atoms with Gasteiger partial charge >= 0.3 is 0 Å². The summed E-state index contributed by atoms with van der Waals surface area (Å²) in [5.41, 5.74) is 1.88. The molecule has 1 heterocycles. The molecule has 2 aromatic rings. The van der Waals surface area contributed by atoms with Crippen molar-refractivity contribution < 1.29 is 0 Å². The minimum absolute atomic E-state index is 0.532. The third-order valence-electron chi connectivity index (χ3n) is 2.94. The fourth-order valence-corrected chi connectivity index (χ4v) is 2.47. The second kappa shape index (κ2) is 6.91. The molecule has 2 rings (SSSR count). The van der Waals surface area contributed by atoms with E-state index in [0.29, 0.717) is 16.5 Å². The van der Waals surface area contributed by atoms with Crippen molar-refractivity contribution in [2.24, 2.45) is 0 Å². The van der Waals surface area contributed by atoms with Gasteiger partial charge in [0.15, 0.2) is 0 Å². The zero-order valence-electron chi connectivity index (χ0n) is 11.6. The Labute approximate surface area is 129 Å². The minimum atomic E-state index is 0.532. The molecule has 0 aliphatic heterocycles. The van der Waals surface area contributed by atoms with Crippen LogP contribution >= 0.6 is 23.2 Å². The average molecular weight is 310 g/mol. The number of halogens is 2. The van der Waals surface area contributed by atoms with Crippen molar-refractivity contribution in [2.75, 3.05) is 11.9 Å². The predicted octanol–water partition coefficient (Wildman–Crippen LogP) is 4.37. The van der Waals surface area contributed by atoms with Gasteiger partial charge in [-0.3, -0.25) is 0 Å². The number of rotatable bonds is 5. The first-order valence-electron chi connectivity index (χ1n) is 6.67. The Morgan fingerprint density at radius 2 is 1.80 bits per heavy atom. The van der Waals surface area contributed by atoms with Crippen LogP contribution in [0.3, 0.4) is 0 Å². The summed E-state index contributed by atoms with van der Waals surface area (Å²) in [7, 11) is 0. The fourth-order valence-electron chi connectivity index (χ4n) is 1.94. The molecule has 0 saturated carbocycles. The van der Waals surface area contributed by atoms with E-state index >= 15 is 0 Å². The van der Waals surface area contributed by atoms with E-state index in [4.69, 9.17) is 23.2 Å². The van der Waals surface area contributed by atoms with Crippen LogP contribution in [0.2, 0.25) is 10.0 Å². The molecule has 0 bridgehead atoms. The van der Waals surface area contributed by atoms with Gasteiger partial charge in [0, 0.05) is 34.8 Å². The standard InChI is InChI=1S/C15H17Cl2N3/c1-3-10-8-14(18-4-2)20-15(19-10)9-11-12(16)6-5-7-13(11)17/h5-8H,3-4,9H2,1-2H3,(H,18,19,20). The quantitative estimate of drug-likeness (QED) is 0.891. The monoisotopic (exact) mass is 309 g/mol. The number of hydrogen-bond donors (Lipinski definition) is 1. The van der Waals surface area contributed by atoms with E-state index < -0.39 is 0 Å². The lowest BCUT2D eigenvalue weighted by atomic mass is 10.1. The summed E-state index contributed by atoms with van der Waals surface area (Å²) in [5, 5.41) is 4.51. The number of hydrogen-bond acceptors (Lipinski definition) is 3. The molecule has 0 aliphatic carbocycles. The van der Waals surface area contributed by atoms with Gasteiger partial charge in [-0.15, -0.1) is 0 Å². The van der Waals surface area contributed by atoms with Crippen LogP contribution in [-0.4, -0.2) is 16.5 Å². The van der Waals surface area contributed by atoms with E-state index in [0.717, 1.165) is 35.9 Å². The molecule has 0 amide bonds. The molecule has 0 radical (unpaired) electrons. The predicted molar refractivity (Wildman–Crippen MR) is 84.8 cm³/mol. The third kappa shape index (κ3) is 3.62. The highest BCUT2D eigenvalue weighted by molar-refractivity contribution is 6.36. The highest BCUT2D eigenvalue weighted by atomic mass is 35.5. The average Bonchev–Trinajstić information content (AvgIpc) is 2.43. The number of aryl methyl sites for hydroxylation is 1. The summed E-state index contributed by atoms with van der Waals surface area (Å²) >= 11 is 12.4. The Hall–Kier alpha value is -1.32. The van der Waals surface area contributed by atoms with Gasteiger partial charge in [0.25, 0.3) is 0 Å². The largest absolute Gasteiger partial charge is 0.370 e. The van der Waals surface area contributed by atoms with Gasteiger partial charge < -0.3 is 5.32 Å². The summed E-state index contributed by atoms with van der Waals surface area (Å²) in [6, 6.07) is 7.47. The Balaban J connectivity index is 2.35. The SMILES string of the molecule is CCNc1cc(CC)nc(Cc2c(Cl)cccc2Cl)n1. The van der Waals surface area contributed by atoms with Crippen molar-refractivity contribution in [3.8, 4) is 0 Å². The van der Waals surface area contributed by atoms with Crippen molar-refractivity contribution in [1.29, 1.82) is 0 Å². The molecule has 0 atom stereocenters. The normalized spacial score (nSPS) is 10.6. The zero-order chi connectivity index (χ0) is 14.5. The van der Waals surface area contributed by atoms with Crippen LogP contribution in [0.5, 0.6) is 0 Å². The van der Waals surface area contributed by atoms with Crippen LogP contribution in [0, 0.1) is 0 Å². The second-order valence-electron chi connectivity index (χ2n) is 4.42. The van der Waals surface area contributed by atoms with Crippen molar-refractivity contribution in [3.05, 3.63) is 51.4 Å².